The highest BCUT2D eigenvalue weighted by molar-refractivity contribution is 7.91. The van der Waals surface area contributed by atoms with Crippen molar-refractivity contribution in [2.45, 2.75) is 68.6 Å². The maximum atomic E-state index is 14.5. The zero-order chi connectivity index (χ0) is 29.3. The number of sulfonamides is 1. The van der Waals surface area contributed by atoms with Crippen LogP contribution in [0.2, 0.25) is 0 Å². The van der Waals surface area contributed by atoms with E-state index in [1.165, 1.54) is 18.7 Å². The van der Waals surface area contributed by atoms with Crippen LogP contribution >= 0.6 is 0 Å². The first kappa shape index (κ1) is 28.8. The minimum absolute atomic E-state index is 0.0930. The van der Waals surface area contributed by atoms with E-state index in [0.717, 1.165) is 24.8 Å². The summed E-state index contributed by atoms with van der Waals surface area (Å²) in [5, 5.41) is 11.5. The number of nitrogens with zero attached hydrogens (tertiary/aromatic N) is 1. The lowest BCUT2D eigenvalue weighted by Crippen LogP contribution is -2.48. The minimum Gasteiger partial charge on any atom is -0.502 e. The van der Waals surface area contributed by atoms with Gasteiger partial charge in [-0.05, 0) is 67.7 Å². The first-order chi connectivity index (χ1) is 19.7. The van der Waals surface area contributed by atoms with Gasteiger partial charge in [0, 0.05) is 23.6 Å². The second-order valence-electron chi connectivity index (χ2n) is 11.2. The SMILES string of the molecule is CCC(CC)(CCc1ccccc1)c1cc(O)c([N+](C)(c2ccccc2)S(=O)(=O)c2cccc(C3CC3)c2)c(=O)o1. The lowest BCUT2D eigenvalue weighted by molar-refractivity contribution is 0.272. The summed E-state index contributed by atoms with van der Waals surface area (Å²) in [5.74, 6) is 0.332. The molecule has 7 heteroatoms. The van der Waals surface area contributed by atoms with Crippen LogP contribution in [0, 0.1) is 0 Å². The van der Waals surface area contributed by atoms with E-state index in [4.69, 9.17) is 4.42 Å². The predicted octanol–water partition coefficient (Wildman–Crippen LogP) is 7.57. The quantitative estimate of drug-likeness (QED) is 0.187. The van der Waals surface area contributed by atoms with E-state index in [9.17, 15) is 18.3 Å². The van der Waals surface area contributed by atoms with Crippen LogP contribution in [0.5, 0.6) is 5.75 Å². The number of hydrogen-bond acceptors (Lipinski definition) is 5. The molecular formula is C34H38NO5S+. The smallest absolute Gasteiger partial charge is 0.403 e. The van der Waals surface area contributed by atoms with Gasteiger partial charge in [0.25, 0.3) is 5.69 Å². The maximum Gasteiger partial charge on any atom is 0.403 e. The van der Waals surface area contributed by atoms with Gasteiger partial charge in [-0.3, -0.25) is 0 Å². The van der Waals surface area contributed by atoms with Crippen LogP contribution < -0.4 is 9.51 Å². The molecule has 1 atom stereocenters. The van der Waals surface area contributed by atoms with Crippen LogP contribution in [0.4, 0.5) is 11.4 Å². The Hall–Kier alpha value is -3.68. The van der Waals surface area contributed by atoms with E-state index in [0.29, 0.717) is 36.6 Å². The molecule has 1 aromatic heterocycles. The van der Waals surface area contributed by atoms with Crippen LogP contribution in [-0.4, -0.2) is 20.6 Å². The highest BCUT2D eigenvalue weighted by Gasteiger charge is 2.49. The highest BCUT2D eigenvalue weighted by atomic mass is 32.2. The highest BCUT2D eigenvalue weighted by Crippen LogP contribution is 2.46. The van der Waals surface area contributed by atoms with Crippen LogP contribution in [0.3, 0.4) is 0 Å². The zero-order valence-electron chi connectivity index (χ0n) is 23.9. The molecule has 0 radical (unpaired) electrons. The Balaban J connectivity index is 1.64. The van der Waals surface area contributed by atoms with Gasteiger partial charge in [-0.25, -0.2) is 4.79 Å². The number of quaternary nitrogens is 1. The number of benzene rings is 3. The monoisotopic (exact) mass is 572 g/mol. The van der Waals surface area contributed by atoms with Crippen molar-refractivity contribution in [1.29, 1.82) is 0 Å². The van der Waals surface area contributed by atoms with E-state index in [-0.39, 0.29) is 10.6 Å². The molecule has 1 heterocycles. The Morgan fingerprint density at radius 2 is 1.54 bits per heavy atom. The number of rotatable bonds is 11. The largest absolute Gasteiger partial charge is 0.502 e. The van der Waals surface area contributed by atoms with Gasteiger partial charge in [0.2, 0.25) is 0 Å². The topological polar surface area (TPSA) is 84.6 Å². The van der Waals surface area contributed by atoms with Crippen molar-refractivity contribution in [2.24, 2.45) is 0 Å². The van der Waals surface area contributed by atoms with Gasteiger partial charge in [0.05, 0.1) is 7.05 Å². The Bertz CT molecular complexity index is 1670. The fourth-order valence-electron chi connectivity index (χ4n) is 5.89. The number of aryl methyl sites for hydroxylation is 1. The molecule has 1 saturated carbocycles. The summed E-state index contributed by atoms with van der Waals surface area (Å²) in [7, 11) is -2.84. The van der Waals surface area contributed by atoms with Crippen molar-refractivity contribution >= 4 is 21.4 Å². The zero-order valence-corrected chi connectivity index (χ0v) is 24.7. The van der Waals surface area contributed by atoms with Crippen LogP contribution in [0.25, 0.3) is 0 Å². The van der Waals surface area contributed by atoms with Crippen LogP contribution in [-0.2, 0) is 21.9 Å². The second kappa shape index (κ2) is 11.3. The third-order valence-electron chi connectivity index (χ3n) is 8.88. The molecule has 1 aliphatic rings. The van der Waals surface area contributed by atoms with E-state index >= 15 is 0 Å². The van der Waals surface area contributed by atoms with Crippen molar-refractivity contribution < 1.29 is 17.9 Å². The fourth-order valence-corrected chi connectivity index (χ4v) is 7.65. The molecule has 1 fully saturated rings. The van der Waals surface area contributed by atoms with Crippen LogP contribution in [0.1, 0.15) is 68.8 Å². The Labute approximate surface area is 242 Å². The molecule has 1 unspecified atom stereocenters. The van der Waals surface area contributed by atoms with Gasteiger partial charge in [-0.15, -0.1) is 3.89 Å². The van der Waals surface area contributed by atoms with Gasteiger partial charge < -0.3 is 9.52 Å². The molecule has 0 amide bonds. The molecule has 6 nitrogen and oxygen atoms in total. The predicted molar refractivity (Wildman–Crippen MR) is 163 cm³/mol. The summed E-state index contributed by atoms with van der Waals surface area (Å²) in [6.45, 7) is 4.09. The first-order valence-corrected chi connectivity index (χ1v) is 15.8. The Kier molecular flexibility index (Phi) is 7.95. The van der Waals surface area contributed by atoms with Crippen molar-refractivity contribution in [3.05, 3.63) is 118 Å². The lowest BCUT2D eigenvalue weighted by atomic mass is 9.75. The number of hydrogen-bond donors (Lipinski definition) is 1. The second-order valence-corrected chi connectivity index (χ2v) is 13.3. The molecule has 0 bridgehead atoms. The summed E-state index contributed by atoms with van der Waals surface area (Å²) in [6.07, 6.45) is 4.92. The Morgan fingerprint density at radius 3 is 2.12 bits per heavy atom. The standard InChI is InChI=1S/C34H37NO5S/c1-4-34(5-2,22-21-25-13-8-6-9-14-25)31-24-30(36)32(33(37)40-31)35(3,28-16-10-7-11-17-28)41(38,39)29-18-12-15-27(23-29)26-19-20-26/h6-18,23-24,26H,4-5,19-22H2,1-3H3/p+1. The molecule has 214 valence electrons. The molecule has 4 aromatic rings. The summed E-state index contributed by atoms with van der Waals surface area (Å²) in [4.78, 5) is 14.0. The lowest BCUT2D eigenvalue weighted by Gasteiger charge is -2.33. The molecule has 1 aliphatic carbocycles. The minimum atomic E-state index is -4.27. The summed E-state index contributed by atoms with van der Waals surface area (Å²) in [6, 6.07) is 27.0. The molecule has 3 aromatic carbocycles. The average molecular weight is 573 g/mol. The molecule has 41 heavy (non-hydrogen) atoms. The van der Waals surface area contributed by atoms with Crippen molar-refractivity contribution in [3.63, 3.8) is 0 Å². The third kappa shape index (κ3) is 5.24. The van der Waals surface area contributed by atoms with Crippen molar-refractivity contribution in [1.82, 2.24) is 3.89 Å². The van der Waals surface area contributed by atoms with E-state index in [1.54, 1.807) is 48.5 Å². The summed E-state index contributed by atoms with van der Waals surface area (Å²) >= 11 is 0. The van der Waals surface area contributed by atoms with Crippen molar-refractivity contribution in [3.8, 4) is 5.75 Å². The molecule has 1 N–H and O–H groups in total. The molecular weight excluding hydrogens is 534 g/mol. The first-order valence-electron chi connectivity index (χ1n) is 14.4. The molecule has 0 spiro atoms. The van der Waals surface area contributed by atoms with E-state index < -0.39 is 30.7 Å². The Morgan fingerprint density at radius 1 is 0.902 bits per heavy atom. The maximum absolute atomic E-state index is 14.5. The van der Waals surface area contributed by atoms with Gasteiger partial charge in [0.15, 0.2) is 11.4 Å². The summed E-state index contributed by atoms with van der Waals surface area (Å²) < 4.78 is 34.0. The van der Waals surface area contributed by atoms with E-state index in [1.807, 2.05) is 38.1 Å². The fraction of sp³-hybridized carbons (Fsp3) is 0.324. The van der Waals surface area contributed by atoms with Crippen LogP contribution in [0.15, 0.2) is 105 Å². The van der Waals surface area contributed by atoms with Crippen molar-refractivity contribution in [2.75, 3.05) is 7.05 Å². The normalized spacial score (nSPS) is 15.4. The third-order valence-corrected chi connectivity index (χ3v) is 11.1. The number of aromatic hydroxyl groups is 1. The van der Waals surface area contributed by atoms with Gasteiger partial charge in [0.1, 0.15) is 10.7 Å². The van der Waals surface area contributed by atoms with Gasteiger partial charge in [-0.1, -0.05) is 74.5 Å². The molecule has 5 rings (SSSR count). The van der Waals surface area contributed by atoms with Gasteiger partial charge >= 0.3 is 15.6 Å². The van der Waals surface area contributed by atoms with E-state index in [2.05, 4.69) is 12.1 Å². The van der Waals surface area contributed by atoms with Gasteiger partial charge in [-0.2, -0.15) is 8.42 Å². The average Bonchev–Trinajstić information content (AvgIpc) is 3.84. The summed E-state index contributed by atoms with van der Waals surface area (Å²) in [5.41, 5.74) is 0.765. The number of para-hydroxylation sites is 1. The molecule has 0 aliphatic heterocycles. The molecule has 0 saturated heterocycles.